The molecule has 3 nitrogen and oxygen atoms in total. The van der Waals surface area contributed by atoms with Crippen LogP contribution in [0.1, 0.15) is 32.1 Å². The van der Waals surface area contributed by atoms with Crippen LogP contribution in [0.15, 0.2) is 0 Å². The molecule has 0 aromatic rings. The quantitative estimate of drug-likeness (QED) is 0.747. The lowest BCUT2D eigenvalue weighted by atomic mass is 9.95. The minimum absolute atomic E-state index is 0.666. The van der Waals surface area contributed by atoms with Gasteiger partial charge >= 0.3 is 0 Å². The van der Waals surface area contributed by atoms with Crippen LogP contribution in [0.25, 0.3) is 0 Å². The van der Waals surface area contributed by atoms with E-state index in [1.165, 1.54) is 51.7 Å². The van der Waals surface area contributed by atoms with Gasteiger partial charge in [-0.25, -0.2) is 0 Å². The van der Waals surface area contributed by atoms with Gasteiger partial charge in [-0.05, 0) is 51.0 Å². The summed E-state index contributed by atoms with van der Waals surface area (Å²) >= 11 is 0. The van der Waals surface area contributed by atoms with Gasteiger partial charge in [-0.15, -0.1) is 0 Å². The van der Waals surface area contributed by atoms with Crippen LogP contribution in [-0.4, -0.2) is 50.8 Å². The molecule has 2 atom stereocenters. The first-order valence-electron chi connectivity index (χ1n) is 7.82. The molecule has 0 amide bonds. The predicted octanol–water partition coefficient (Wildman–Crippen LogP) is 1.73. The van der Waals surface area contributed by atoms with Crippen LogP contribution in [-0.2, 0) is 4.74 Å². The highest BCUT2D eigenvalue weighted by Crippen LogP contribution is 2.34. The molecule has 1 N–H and O–H groups in total. The highest BCUT2D eigenvalue weighted by Gasteiger charge is 2.32. The second-order valence-electron chi connectivity index (χ2n) is 6.62. The van der Waals surface area contributed by atoms with Gasteiger partial charge in [0.2, 0.25) is 0 Å². The molecule has 1 saturated heterocycles. The van der Waals surface area contributed by atoms with Crippen LogP contribution < -0.4 is 5.32 Å². The maximum absolute atomic E-state index is 5.69. The van der Waals surface area contributed by atoms with Gasteiger partial charge in [0.1, 0.15) is 0 Å². The molecule has 3 heteroatoms. The molecule has 1 heterocycles. The maximum Gasteiger partial charge on any atom is 0.0521 e. The number of rotatable bonds is 7. The van der Waals surface area contributed by atoms with Crippen molar-refractivity contribution in [3.05, 3.63) is 0 Å². The van der Waals surface area contributed by atoms with Gasteiger partial charge in [0.15, 0.2) is 0 Å². The third-order valence-corrected chi connectivity index (χ3v) is 4.76. The van der Waals surface area contributed by atoms with Gasteiger partial charge in [0.05, 0.1) is 6.61 Å². The van der Waals surface area contributed by atoms with Gasteiger partial charge in [0, 0.05) is 38.2 Å². The van der Waals surface area contributed by atoms with E-state index in [0.29, 0.717) is 12.0 Å². The molecule has 0 spiro atoms. The Kier molecular flexibility index (Phi) is 4.22. The summed E-state index contributed by atoms with van der Waals surface area (Å²) in [6, 6.07) is 0.666. The summed E-state index contributed by atoms with van der Waals surface area (Å²) in [6.07, 6.45) is 7.06. The topological polar surface area (TPSA) is 24.5 Å². The minimum Gasteiger partial charge on any atom is -0.381 e. The number of ether oxygens (including phenoxy) is 1. The fourth-order valence-corrected chi connectivity index (χ4v) is 3.24. The van der Waals surface area contributed by atoms with Crippen LogP contribution in [0.5, 0.6) is 0 Å². The molecule has 0 aromatic carbocycles. The summed E-state index contributed by atoms with van der Waals surface area (Å²) in [7, 11) is 2.11. The van der Waals surface area contributed by atoms with E-state index in [9.17, 15) is 0 Å². The standard InChI is InChI=1S/C15H28N2O/c1-16-15-6-7-18-11-14(15)10-17(8-12-2-3-12)9-13-4-5-13/h12-16H,2-11H2,1H3. The van der Waals surface area contributed by atoms with Gasteiger partial charge in [0.25, 0.3) is 0 Å². The molecule has 2 unspecified atom stereocenters. The fourth-order valence-electron chi connectivity index (χ4n) is 3.24. The number of hydrogen-bond acceptors (Lipinski definition) is 3. The molecule has 3 fully saturated rings. The average Bonchev–Trinajstić information content (AvgIpc) is 3.26. The molecule has 0 radical (unpaired) electrons. The Labute approximate surface area is 111 Å². The normalized spacial score (nSPS) is 33.0. The van der Waals surface area contributed by atoms with Crippen molar-refractivity contribution in [2.24, 2.45) is 17.8 Å². The van der Waals surface area contributed by atoms with Crippen LogP contribution in [0.3, 0.4) is 0 Å². The van der Waals surface area contributed by atoms with Crippen LogP contribution in [0.2, 0.25) is 0 Å². The van der Waals surface area contributed by atoms with E-state index in [2.05, 4.69) is 17.3 Å². The van der Waals surface area contributed by atoms with Crippen molar-refractivity contribution in [2.75, 3.05) is 39.9 Å². The molecule has 2 saturated carbocycles. The Hall–Kier alpha value is -0.120. The largest absolute Gasteiger partial charge is 0.381 e. The second kappa shape index (κ2) is 5.89. The number of hydrogen-bond donors (Lipinski definition) is 1. The second-order valence-corrected chi connectivity index (χ2v) is 6.62. The monoisotopic (exact) mass is 252 g/mol. The SMILES string of the molecule is CNC1CCOCC1CN(CC1CC1)CC1CC1. The van der Waals surface area contributed by atoms with E-state index < -0.39 is 0 Å². The Morgan fingerprint density at radius 2 is 1.67 bits per heavy atom. The molecular weight excluding hydrogens is 224 g/mol. The molecule has 18 heavy (non-hydrogen) atoms. The summed E-state index contributed by atoms with van der Waals surface area (Å²) in [6.45, 7) is 5.84. The zero-order chi connectivity index (χ0) is 12.4. The molecule has 3 rings (SSSR count). The third kappa shape index (κ3) is 3.69. The van der Waals surface area contributed by atoms with Gasteiger partial charge in [-0.2, -0.15) is 0 Å². The van der Waals surface area contributed by atoms with Gasteiger partial charge in [-0.1, -0.05) is 0 Å². The number of nitrogens with one attached hydrogen (secondary N) is 1. The first kappa shape index (κ1) is 12.9. The Bertz CT molecular complexity index is 249. The zero-order valence-corrected chi connectivity index (χ0v) is 11.7. The van der Waals surface area contributed by atoms with Gasteiger partial charge in [-0.3, -0.25) is 0 Å². The molecule has 3 aliphatic rings. The Balaban J connectivity index is 1.51. The Morgan fingerprint density at radius 1 is 1.00 bits per heavy atom. The van der Waals surface area contributed by atoms with Crippen molar-refractivity contribution in [1.82, 2.24) is 10.2 Å². The van der Waals surface area contributed by atoms with Crippen molar-refractivity contribution in [3.8, 4) is 0 Å². The fraction of sp³-hybridized carbons (Fsp3) is 1.00. The molecule has 2 aliphatic carbocycles. The van der Waals surface area contributed by atoms with E-state index in [0.717, 1.165) is 25.0 Å². The molecule has 104 valence electrons. The minimum atomic E-state index is 0.666. The summed E-state index contributed by atoms with van der Waals surface area (Å²) in [4.78, 5) is 2.75. The lowest BCUT2D eigenvalue weighted by molar-refractivity contribution is 0.0171. The molecule has 0 bridgehead atoms. The molecule has 0 aromatic heterocycles. The van der Waals surface area contributed by atoms with E-state index in [-0.39, 0.29) is 0 Å². The third-order valence-electron chi connectivity index (χ3n) is 4.76. The van der Waals surface area contributed by atoms with Crippen molar-refractivity contribution >= 4 is 0 Å². The highest BCUT2D eigenvalue weighted by molar-refractivity contribution is 4.86. The van der Waals surface area contributed by atoms with Crippen LogP contribution in [0, 0.1) is 17.8 Å². The predicted molar refractivity (Wildman–Crippen MR) is 73.7 cm³/mol. The summed E-state index contributed by atoms with van der Waals surface area (Å²) < 4.78 is 5.69. The first-order chi connectivity index (χ1) is 8.85. The summed E-state index contributed by atoms with van der Waals surface area (Å²) in [5.74, 6) is 2.73. The van der Waals surface area contributed by atoms with E-state index in [1.54, 1.807) is 0 Å². The summed E-state index contributed by atoms with van der Waals surface area (Å²) in [5, 5.41) is 3.49. The van der Waals surface area contributed by atoms with Crippen molar-refractivity contribution in [3.63, 3.8) is 0 Å². The van der Waals surface area contributed by atoms with E-state index >= 15 is 0 Å². The Morgan fingerprint density at radius 3 is 2.22 bits per heavy atom. The maximum atomic E-state index is 5.69. The van der Waals surface area contributed by atoms with Crippen molar-refractivity contribution in [1.29, 1.82) is 0 Å². The molecular formula is C15H28N2O. The summed E-state index contributed by atoms with van der Waals surface area (Å²) in [5.41, 5.74) is 0. The highest BCUT2D eigenvalue weighted by atomic mass is 16.5. The van der Waals surface area contributed by atoms with Crippen LogP contribution >= 0.6 is 0 Å². The number of nitrogens with zero attached hydrogens (tertiary/aromatic N) is 1. The first-order valence-corrected chi connectivity index (χ1v) is 7.82. The van der Waals surface area contributed by atoms with Crippen molar-refractivity contribution in [2.45, 2.75) is 38.1 Å². The van der Waals surface area contributed by atoms with Crippen molar-refractivity contribution < 1.29 is 4.74 Å². The smallest absolute Gasteiger partial charge is 0.0521 e. The molecule has 1 aliphatic heterocycles. The lowest BCUT2D eigenvalue weighted by Crippen LogP contribution is -2.47. The van der Waals surface area contributed by atoms with Gasteiger partial charge < -0.3 is 15.0 Å². The van der Waals surface area contributed by atoms with E-state index in [1.807, 2.05) is 0 Å². The zero-order valence-electron chi connectivity index (χ0n) is 11.7. The van der Waals surface area contributed by atoms with Crippen LogP contribution in [0.4, 0.5) is 0 Å². The average molecular weight is 252 g/mol. The van der Waals surface area contributed by atoms with E-state index in [4.69, 9.17) is 4.74 Å². The lowest BCUT2D eigenvalue weighted by Gasteiger charge is -2.35.